The number of aryl methyl sites for hydroxylation is 4. The van der Waals surface area contributed by atoms with Crippen molar-refractivity contribution in [3.05, 3.63) is 57.7 Å². The van der Waals surface area contributed by atoms with Crippen LogP contribution in [0.3, 0.4) is 0 Å². The van der Waals surface area contributed by atoms with Crippen LogP contribution in [0.5, 0.6) is 0 Å². The predicted octanol–water partition coefficient (Wildman–Crippen LogP) is 3.41. The Labute approximate surface area is 125 Å². The number of hydrogen-bond acceptors (Lipinski definition) is 3. The first-order chi connectivity index (χ1) is 9.97. The monoisotopic (exact) mass is 287 g/mol. The summed E-state index contributed by atoms with van der Waals surface area (Å²) in [6.07, 6.45) is 0.771. The molecule has 1 aromatic carbocycles. The van der Waals surface area contributed by atoms with Crippen molar-refractivity contribution in [2.75, 3.05) is 7.05 Å². The van der Waals surface area contributed by atoms with E-state index in [0.29, 0.717) is 5.56 Å². The zero-order chi connectivity index (χ0) is 15.6. The quantitative estimate of drug-likeness (QED) is 0.936. The fourth-order valence-electron chi connectivity index (χ4n) is 2.81. The smallest absolute Gasteiger partial charge is 0.128 e. The number of benzene rings is 1. The second-order valence-electron chi connectivity index (χ2n) is 5.44. The molecule has 112 valence electrons. The first-order valence-electron chi connectivity index (χ1n) is 7.24. The van der Waals surface area contributed by atoms with Gasteiger partial charge in [-0.1, -0.05) is 13.0 Å². The Kier molecular flexibility index (Phi) is 4.68. The van der Waals surface area contributed by atoms with Crippen LogP contribution in [0.25, 0.3) is 0 Å². The summed E-state index contributed by atoms with van der Waals surface area (Å²) in [5, 5.41) is 11.6. The SMILES string of the molecule is CCc1nnc(C)cc1C(NC)c1c(C)cc(C)cc1F. The van der Waals surface area contributed by atoms with Crippen molar-refractivity contribution >= 4 is 0 Å². The number of aromatic nitrogens is 2. The van der Waals surface area contributed by atoms with Gasteiger partial charge in [-0.25, -0.2) is 4.39 Å². The van der Waals surface area contributed by atoms with E-state index in [1.165, 1.54) is 0 Å². The van der Waals surface area contributed by atoms with Crippen molar-refractivity contribution in [1.82, 2.24) is 15.5 Å². The fourth-order valence-corrected chi connectivity index (χ4v) is 2.81. The molecule has 3 nitrogen and oxygen atoms in total. The second-order valence-corrected chi connectivity index (χ2v) is 5.44. The Balaban J connectivity index is 2.63. The third kappa shape index (κ3) is 3.10. The van der Waals surface area contributed by atoms with Gasteiger partial charge in [0.2, 0.25) is 0 Å². The molecule has 0 aliphatic carbocycles. The number of rotatable bonds is 4. The molecule has 0 bridgehead atoms. The number of halogens is 1. The molecule has 4 heteroatoms. The van der Waals surface area contributed by atoms with E-state index in [1.54, 1.807) is 6.07 Å². The molecule has 0 fully saturated rings. The first kappa shape index (κ1) is 15.6. The number of hydrogen-bond donors (Lipinski definition) is 1. The molecule has 2 rings (SSSR count). The number of nitrogens with zero attached hydrogens (tertiary/aromatic N) is 2. The molecular formula is C17H22FN3. The summed E-state index contributed by atoms with van der Waals surface area (Å²) in [4.78, 5) is 0. The fraction of sp³-hybridized carbons (Fsp3) is 0.412. The largest absolute Gasteiger partial charge is 0.309 e. The van der Waals surface area contributed by atoms with Crippen LogP contribution >= 0.6 is 0 Å². The summed E-state index contributed by atoms with van der Waals surface area (Å²) < 4.78 is 14.5. The lowest BCUT2D eigenvalue weighted by Crippen LogP contribution is -2.22. The highest BCUT2D eigenvalue weighted by Gasteiger charge is 2.22. The zero-order valence-electron chi connectivity index (χ0n) is 13.3. The van der Waals surface area contributed by atoms with Crippen LogP contribution < -0.4 is 5.32 Å². The molecule has 2 aromatic rings. The average Bonchev–Trinajstić information content (AvgIpc) is 2.42. The van der Waals surface area contributed by atoms with E-state index in [2.05, 4.69) is 15.5 Å². The van der Waals surface area contributed by atoms with Gasteiger partial charge in [0.25, 0.3) is 0 Å². The van der Waals surface area contributed by atoms with Crippen molar-refractivity contribution in [3.63, 3.8) is 0 Å². The van der Waals surface area contributed by atoms with E-state index in [1.807, 2.05) is 46.9 Å². The van der Waals surface area contributed by atoms with Crippen molar-refractivity contribution in [2.24, 2.45) is 0 Å². The van der Waals surface area contributed by atoms with Gasteiger partial charge in [-0.15, -0.1) is 0 Å². The molecule has 0 radical (unpaired) electrons. The summed E-state index contributed by atoms with van der Waals surface area (Å²) in [5.74, 6) is -0.177. The minimum atomic E-state index is -0.213. The Bertz CT molecular complexity index is 629. The lowest BCUT2D eigenvalue weighted by atomic mass is 9.92. The van der Waals surface area contributed by atoms with Gasteiger partial charge in [0.1, 0.15) is 5.82 Å². The highest BCUT2D eigenvalue weighted by molar-refractivity contribution is 5.41. The van der Waals surface area contributed by atoms with Crippen LogP contribution in [0.4, 0.5) is 4.39 Å². The molecule has 1 N–H and O–H groups in total. The molecule has 1 atom stereocenters. The van der Waals surface area contributed by atoms with Crippen molar-refractivity contribution in [2.45, 2.75) is 40.2 Å². The Morgan fingerprint density at radius 3 is 2.43 bits per heavy atom. The zero-order valence-corrected chi connectivity index (χ0v) is 13.3. The predicted molar refractivity (Wildman–Crippen MR) is 82.9 cm³/mol. The van der Waals surface area contributed by atoms with Crippen LogP contribution in [-0.4, -0.2) is 17.2 Å². The van der Waals surface area contributed by atoms with Gasteiger partial charge in [0, 0.05) is 5.56 Å². The van der Waals surface area contributed by atoms with Gasteiger partial charge in [0.15, 0.2) is 0 Å². The van der Waals surface area contributed by atoms with Gasteiger partial charge >= 0.3 is 0 Å². The maximum Gasteiger partial charge on any atom is 0.128 e. The summed E-state index contributed by atoms with van der Waals surface area (Å²) in [5.41, 5.74) is 5.31. The van der Waals surface area contributed by atoms with Crippen molar-refractivity contribution < 1.29 is 4.39 Å². The van der Waals surface area contributed by atoms with Gasteiger partial charge in [-0.3, -0.25) is 0 Å². The molecule has 0 saturated heterocycles. The third-order valence-corrected chi connectivity index (χ3v) is 3.73. The minimum absolute atomic E-state index is 0.177. The van der Waals surface area contributed by atoms with Gasteiger partial charge < -0.3 is 5.32 Å². The highest BCUT2D eigenvalue weighted by Crippen LogP contribution is 2.29. The molecule has 1 aromatic heterocycles. The average molecular weight is 287 g/mol. The Morgan fingerprint density at radius 1 is 1.14 bits per heavy atom. The molecule has 0 spiro atoms. The molecule has 0 aliphatic rings. The van der Waals surface area contributed by atoms with Gasteiger partial charge in [-0.2, -0.15) is 10.2 Å². The van der Waals surface area contributed by atoms with Crippen LogP contribution in [0.15, 0.2) is 18.2 Å². The van der Waals surface area contributed by atoms with E-state index in [4.69, 9.17) is 0 Å². The molecule has 0 amide bonds. The second kappa shape index (κ2) is 6.31. The number of nitrogens with one attached hydrogen (secondary N) is 1. The topological polar surface area (TPSA) is 37.8 Å². The molecule has 1 unspecified atom stereocenters. The van der Waals surface area contributed by atoms with Crippen LogP contribution in [0.2, 0.25) is 0 Å². The van der Waals surface area contributed by atoms with E-state index in [0.717, 1.165) is 34.5 Å². The summed E-state index contributed by atoms with van der Waals surface area (Å²) >= 11 is 0. The lowest BCUT2D eigenvalue weighted by molar-refractivity contribution is 0.567. The third-order valence-electron chi connectivity index (χ3n) is 3.73. The van der Waals surface area contributed by atoms with Crippen molar-refractivity contribution in [3.8, 4) is 0 Å². The maximum atomic E-state index is 14.5. The minimum Gasteiger partial charge on any atom is -0.309 e. The summed E-state index contributed by atoms with van der Waals surface area (Å²) in [7, 11) is 1.85. The van der Waals surface area contributed by atoms with Crippen LogP contribution in [0, 0.1) is 26.6 Å². The maximum absolute atomic E-state index is 14.5. The molecule has 0 aliphatic heterocycles. The van der Waals surface area contributed by atoms with Crippen LogP contribution in [0.1, 0.15) is 46.6 Å². The standard InChI is InChI=1S/C17H22FN3/c1-6-15-13(9-12(4)20-21-15)17(19-5)16-11(3)7-10(2)8-14(16)18/h7-9,17,19H,6H2,1-5H3. The van der Waals surface area contributed by atoms with Gasteiger partial charge in [0.05, 0.1) is 17.4 Å². The van der Waals surface area contributed by atoms with Crippen molar-refractivity contribution in [1.29, 1.82) is 0 Å². The van der Waals surface area contributed by atoms with Gasteiger partial charge in [-0.05, 0) is 63.1 Å². The summed E-state index contributed by atoms with van der Waals surface area (Å²) in [6.45, 7) is 7.79. The lowest BCUT2D eigenvalue weighted by Gasteiger charge is -2.22. The van der Waals surface area contributed by atoms with E-state index < -0.39 is 0 Å². The Morgan fingerprint density at radius 2 is 1.86 bits per heavy atom. The van der Waals surface area contributed by atoms with E-state index in [9.17, 15) is 4.39 Å². The molecule has 0 saturated carbocycles. The Hall–Kier alpha value is -1.81. The molecule has 1 heterocycles. The summed E-state index contributed by atoms with van der Waals surface area (Å²) in [6, 6.07) is 5.37. The first-order valence-corrected chi connectivity index (χ1v) is 7.24. The van der Waals surface area contributed by atoms with E-state index >= 15 is 0 Å². The molecular weight excluding hydrogens is 265 g/mol. The highest BCUT2D eigenvalue weighted by atomic mass is 19.1. The van der Waals surface area contributed by atoms with E-state index in [-0.39, 0.29) is 11.9 Å². The normalized spacial score (nSPS) is 12.5. The molecule has 21 heavy (non-hydrogen) atoms. The van der Waals surface area contributed by atoms with Crippen LogP contribution in [-0.2, 0) is 6.42 Å².